The summed E-state index contributed by atoms with van der Waals surface area (Å²) < 4.78 is 0. The minimum Gasteiger partial charge on any atom is -0.336 e. The molecule has 2 aromatic rings. The van der Waals surface area contributed by atoms with E-state index in [2.05, 4.69) is 10.6 Å². The summed E-state index contributed by atoms with van der Waals surface area (Å²) in [5.74, 6) is -0.648. The van der Waals surface area contributed by atoms with E-state index < -0.39 is 5.92 Å². The number of anilines is 3. The third-order valence-electron chi connectivity index (χ3n) is 5.12. The standard InChI is InChI=1S/C21H22N4O3/c1-14-5-7-17(8-6-14)25-13-15(11-19(25)26)20(27)23-16-3-2-4-18(12-16)24-10-9-22-21(24)28/h2-8,12,15H,9-11,13H2,1H3,(H,22,28)(H,23,27). The molecule has 0 spiro atoms. The fourth-order valence-corrected chi connectivity index (χ4v) is 3.57. The second-order valence-corrected chi connectivity index (χ2v) is 7.16. The van der Waals surface area contributed by atoms with Crippen LogP contribution in [0.15, 0.2) is 48.5 Å². The van der Waals surface area contributed by atoms with E-state index in [1.54, 1.807) is 28.0 Å². The first-order valence-corrected chi connectivity index (χ1v) is 9.34. The Bertz CT molecular complexity index is 926. The van der Waals surface area contributed by atoms with Gasteiger partial charge in [0.1, 0.15) is 0 Å². The molecular weight excluding hydrogens is 356 g/mol. The summed E-state index contributed by atoms with van der Waals surface area (Å²) in [6.45, 7) is 3.56. The predicted octanol–water partition coefficient (Wildman–Crippen LogP) is 2.52. The Balaban J connectivity index is 1.43. The Kier molecular flexibility index (Phi) is 4.73. The van der Waals surface area contributed by atoms with Gasteiger partial charge in [-0.15, -0.1) is 0 Å². The van der Waals surface area contributed by atoms with Crippen molar-refractivity contribution in [3.63, 3.8) is 0 Å². The van der Waals surface area contributed by atoms with E-state index in [4.69, 9.17) is 0 Å². The largest absolute Gasteiger partial charge is 0.336 e. The number of amides is 4. The first-order chi connectivity index (χ1) is 13.5. The number of urea groups is 1. The number of carbonyl (C=O) groups is 3. The molecule has 0 bridgehead atoms. The van der Waals surface area contributed by atoms with Crippen LogP contribution in [0.5, 0.6) is 0 Å². The maximum atomic E-state index is 12.7. The molecule has 2 aliphatic heterocycles. The maximum Gasteiger partial charge on any atom is 0.321 e. The fraction of sp³-hybridized carbons (Fsp3) is 0.286. The first kappa shape index (κ1) is 18.0. The van der Waals surface area contributed by atoms with Crippen molar-refractivity contribution in [1.29, 1.82) is 0 Å². The van der Waals surface area contributed by atoms with E-state index in [-0.39, 0.29) is 24.3 Å². The summed E-state index contributed by atoms with van der Waals surface area (Å²) in [5.41, 5.74) is 3.28. The molecule has 4 rings (SSSR count). The molecule has 1 unspecified atom stereocenters. The molecule has 2 aliphatic rings. The zero-order chi connectivity index (χ0) is 19.7. The van der Waals surface area contributed by atoms with Crippen LogP contribution in [0.25, 0.3) is 0 Å². The van der Waals surface area contributed by atoms with E-state index >= 15 is 0 Å². The molecule has 28 heavy (non-hydrogen) atoms. The van der Waals surface area contributed by atoms with Gasteiger partial charge in [0.05, 0.1) is 5.92 Å². The monoisotopic (exact) mass is 378 g/mol. The summed E-state index contributed by atoms with van der Waals surface area (Å²) in [6, 6.07) is 14.8. The Morgan fingerprint density at radius 2 is 1.86 bits per heavy atom. The minimum absolute atomic E-state index is 0.0495. The number of aryl methyl sites for hydroxylation is 1. The van der Waals surface area contributed by atoms with Gasteiger partial charge in [0.2, 0.25) is 11.8 Å². The summed E-state index contributed by atoms with van der Waals surface area (Å²) >= 11 is 0. The van der Waals surface area contributed by atoms with Gasteiger partial charge in [-0.2, -0.15) is 0 Å². The van der Waals surface area contributed by atoms with Crippen molar-refractivity contribution < 1.29 is 14.4 Å². The molecule has 0 aromatic heterocycles. The average Bonchev–Trinajstić information content (AvgIpc) is 3.28. The molecule has 2 saturated heterocycles. The number of rotatable bonds is 4. The lowest BCUT2D eigenvalue weighted by molar-refractivity contribution is -0.122. The van der Waals surface area contributed by atoms with Crippen LogP contribution in [0.1, 0.15) is 12.0 Å². The van der Waals surface area contributed by atoms with Crippen LogP contribution in [0, 0.1) is 12.8 Å². The van der Waals surface area contributed by atoms with Crippen LogP contribution in [0.2, 0.25) is 0 Å². The molecule has 0 radical (unpaired) electrons. The Morgan fingerprint density at radius 1 is 1.07 bits per heavy atom. The number of hydrogen-bond donors (Lipinski definition) is 2. The molecule has 0 saturated carbocycles. The first-order valence-electron chi connectivity index (χ1n) is 9.34. The van der Waals surface area contributed by atoms with Gasteiger partial charge in [0.25, 0.3) is 0 Å². The van der Waals surface area contributed by atoms with Crippen LogP contribution < -0.4 is 20.4 Å². The van der Waals surface area contributed by atoms with Crippen molar-refractivity contribution in [2.24, 2.45) is 5.92 Å². The summed E-state index contributed by atoms with van der Waals surface area (Å²) in [5, 5.41) is 5.65. The number of nitrogens with zero attached hydrogens (tertiary/aromatic N) is 2. The van der Waals surface area contributed by atoms with Crippen LogP contribution in [0.4, 0.5) is 21.9 Å². The van der Waals surface area contributed by atoms with Crippen molar-refractivity contribution in [3.8, 4) is 0 Å². The highest BCUT2D eigenvalue weighted by Crippen LogP contribution is 2.27. The normalized spacial score (nSPS) is 19.1. The van der Waals surface area contributed by atoms with E-state index in [1.165, 1.54) is 0 Å². The second kappa shape index (κ2) is 7.34. The third-order valence-corrected chi connectivity index (χ3v) is 5.12. The number of benzene rings is 2. The van der Waals surface area contributed by atoms with Gasteiger partial charge in [-0.05, 0) is 37.3 Å². The lowest BCUT2D eigenvalue weighted by atomic mass is 10.1. The van der Waals surface area contributed by atoms with Gasteiger partial charge in [0, 0.05) is 43.1 Å². The summed E-state index contributed by atoms with van der Waals surface area (Å²) in [4.78, 5) is 40.2. The second-order valence-electron chi connectivity index (χ2n) is 7.16. The maximum absolute atomic E-state index is 12.7. The zero-order valence-electron chi connectivity index (χ0n) is 15.6. The Labute approximate surface area is 163 Å². The van der Waals surface area contributed by atoms with Gasteiger partial charge in [-0.1, -0.05) is 23.8 Å². The summed E-state index contributed by atoms with van der Waals surface area (Å²) in [6.07, 6.45) is 0.188. The van der Waals surface area contributed by atoms with Crippen molar-refractivity contribution in [2.75, 3.05) is 34.8 Å². The third kappa shape index (κ3) is 3.55. The van der Waals surface area contributed by atoms with Gasteiger partial charge < -0.3 is 15.5 Å². The molecule has 4 amide bonds. The van der Waals surface area contributed by atoms with Crippen molar-refractivity contribution >= 4 is 34.9 Å². The van der Waals surface area contributed by atoms with Crippen molar-refractivity contribution in [2.45, 2.75) is 13.3 Å². The van der Waals surface area contributed by atoms with Crippen LogP contribution in [-0.2, 0) is 9.59 Å². The molecule has 2 heterocycles. The van der Waals surface area contributed by atoms with Crippen LogP contribution in [-0.4, -0.2) is 37.5 Å². The van der Waals surface area contributed by atoms with Gasteiger partial charge in [-0.3, -0.25) is 14.5 Å². The fourth-order valence-electron chi connectivity index (χ4n) is 3.57. The van der Waals surface area contributed by atoms with Gasteiger partial charge in [0.15, 0.2) is 0 Å². The molecule has 7 heteroatoms. The highest BCUT2D eigenvalue weighted by molar-refractivity contribution is 6.04. The molecule has 2 aromatic carbocycles. The number of hydrogen-bond acceptors (Lipinski definition) is 3. The molecular formula is C21H22N4O3. The topological polar surface area (TPSA) is 81.8 Å². The van der Waals surface area contributed by atoms with Crippen molar-refractivity contribution in [3.05, 3.63) is 54.1 Å². The van der Waals surface area contributed by atoms with E-state index in [0.717, 1.165) is 16.9 Å². The predicted molar refractivity (Wildman–Crippen MR) is 107 cm³/mol. The molecule has 0 aliphatic carbocycles. The smallest absolute Gasteiger partial charge is 0.321 e. The minimum atomic E-state index is -0.410. The summed E-state index contributed by atoms with van der Waals surface area (Å²) in [7, 11) is 0. The average molecular weight is 378 g/mol. The molecule has 1 atom stereocenters. The lowest BCUT2D eigenvalue weighted by Crippen LogP contribution is -2.29. The SMILES string of the molecule is Cc1ccc(N2CC(C(=O)Nc3cccc(N4CCNC4=O)c3)CC2=O)cc1. The Morgan fingerprint density at radius 3 is 2.57 bits per heavy atom. The highest BCUT2D eigenvalue weighted by Gasteiger charge is 2.35. The van der Waals surface area contributed by atoms with Crippen LogP contribution >= 0.6 is 0 Å². The van der Waals surface area contributed by atoms with E-state index in [0.29, 0.717) is 25.3 Å². The van der Waals surface area contributed by atoms with Gasteiger partial charge >= 0.3 is 6.03 Å². The van der Waals surface area contributed by atoms with Gasteiger partial charge in [-0.25, -0.2) is 4.79 Å². The molecule has 144 valence electrons. The molecule has 2 N–H and O–H groups in total. The van der Waals surface area contributed by atoms with E-state index in [1.807, 2.05) is 37.3 Å². The van der Waals surface area contributed by atoms with Crippen molar-refractivity contribution in [1.82, 2.24) is 5.32 Å². The quantitative estimate of drug-likeness (QED) is 0.858. The number of carbonyl (C=O) groups excluding carboxylic acids is 3. The molecule has 2 fully saturated rings. The van der Waals surface area contributed by atoms with Crippen LogP contribution in [0.3, 0.4) is 0 Å². The van der Waals surface area contributed by atoms with E-state index in [9.17, 15) is 14.4 Å². The zero-order valence-corrected chi connectivity index (χ0v) is 15.6. The number of nitrogens with one attached hydrogen (secondary N) is 2. The molecule has 7 nitrogen and oxygen atoms in total. The lowest BCUT2D eigenvalue weighted by Gasteiger charge is -2.18. The highest BCUT2D eigenvalue weighted by atomic mass is 16.2. The Hall–Kier alpha value is -3.35.